The monoisotopic (exact) mass is 421 g/mol. The lowest BCUT2D eigenvalue weighted by Crippen LogP contribution is -2.43. The molecule has 8 nitrogen and oxygen atoms in total. The number of nitrogens with zero attached hydrogens (tertiary/aromatic N) is 1. The molecule has 2 aromatic carbocycles. The largest absolute Gasteiger partial charge is 0.465 e. The maximum atomic E-state index is 13.2. The number of aryl methyl sites for hydroxylation is 2. The van der Waals surface area contributed by atoms with E-state index in [0.717, 1.165) is 27.2 Å². The number of imide groups is 1. The van der Waals surface area contributed by atoms with Gasteiger partial charge in [0, 0.05) is 5.69 Å². The molecule has 0 bridgehead atoms. The smallest absolute Gasteiger partial charge is 0.338 e. The molecular formula is C23H23N3O5. The second-order valence-electron chi connectivity index (χ2n) is 7.89. The molecule has 1 heterocycles. The highest BCUT2D eigenvalue weighted by Gasteiger charge is 2.55. The Morgan fingerprint density at radius 1 is 1.19 bits per heavy atom. The van der Waals surface area contributed by atoms with Crippen molar-refractivity contribution < 1.29 is 23.9 Å². The van der Waals surface area contributed by atoms with E-state index in [-0.39, 0.29) is 0 Å². The summed E-state index contributed by atoms with van der Waals surface area (Å²) in [6.07, 6.45) is 1.15. The average molecular weight is 421 g/mol. The van der Waals surface area contributed by atoms with Crippen molar-refractivity contribution in [2.45, 2.75) is 32.2 Å². The summed E-state index contributed by atoms with van der Waals surface area (Å²) in [5.41, 5.74) is 2.99. The Bertz CT molecular complexity index is 1130. The van der Waals surface area contributed by atoms with Crippen molar-refractivity contribution in [3.63, 3.8) is 0 Å². The average Bonchev–Trinajstić information content (AvgIpc) is 3.23. The number of nitrogens with one attached hydrogen (secondary N) is 2. The van der Waals surface area contributed by atoms with Gasteiger partial charge in [0.05, 0.1) is 12.7 Å². The minimum atomic E-state index is -1.10. The molecule has 0 aromatic heterocycles. The molecule has 1 saturated heterocycles. The predicted octanol–water partition coefficient (Wildman–Crippen LogP) is 2.42. The zero-order valence-corrected chi connectivity index (χ0v) is 17.6. The Morgan fingerprint density at radius 2 is 1.94 bits per heavy atom. The predicted molar refractivity (Wildman–Crippen MR) is 113 cm³/mol. The Balaban J connectivity index is 1.53. The van der Waals surface area contributed by atoms with Crippen molar-refractivity contribution in [1.29, 1.82) is 0 Å². The molecule has 1 spiro atoms. The zero-order valence-electron chi connectivity index (χ0n) is 17.6. The van der Waals surface area contributed by atoms with E-state index in [1.54, 1.807) is 13.0 Å². The van der Waals surface area contributed by atoms with Gasteiger partial charge in [-0.15, -0.1) is 0 Å². The number of amides is 4. The number of carbonyl (C=O) groups excluding carboxylic acids is 4. The molecule has 2 aromatic rings. The van der Waals surface area contributed by atoms with E-state index in [9.17, 15) is 19.2 Å². The number of carbonyl (C=O) groups is 4. The minimum absolute atomic E-state index is 0.342. The second-order valence-corrected chi connectivity index (χ2v) is 7.89. The van der Waals surface area contributed by atoms with E-state index < -0.39 is 35.9 Å². The van der Waals surface area contributed by atoms with E-state index in [1.165, 1.54) is 13.2 Å². The summed E-state index contributed by atoms with van der Waals surface area (Å²) in [4.78, 5) is 51.3. The van der Waals surface area contributed by atoms with Crippen molar-refractivity contribution in [2.24, 2.45) is 0 Å². The first-order valence-corrected chi connectivity index (χ1v) is 9.99. The van der Waals surface area contributed by atoms with Crippen LogP contribution in [0.3, 0.4) is 0 Å². The van der Waals surface area contributed by atoms with Gasteiger partial charge in [-0.2, -0.15) is 0 Å². The van der Waals surface area contributed by atoms with Gasteiger partial charge in [-0.25, -0.2) is 9.59 Å². The fraction of sp³-hybridized carbons (Fsp3) is 0.304. The molecule has 1 atom stereocenters. The van der Waals surface area contributed by atoms with Crippen LogP contribution in [0.4, 0.5) is 10.5 Å². The molecule has 1 fully saturated rings. The summed E-state index contributed by atoms with van der Waals surface area (Å²) < 4.78 is 4.79. The third-order valence-corrected chi connectivity index (χ3v) is 6.08. The number of methoxy groups -OCH3 is 1. The second kappa shape index (κ2) is 7.54. The van der Waals surface area contributed by atoms with Gasteiger partial charge in [0.15, 0.2) is 0 Å². The fourth-order valence-corrected chi connectivity index (χ4v) is 4.33. The van der Waals surface area contributed by atoms with Gasteiger partial charge in [-0.3, -0.25) is 14.5 Å². The lowest BCUT2D eigenvalue weighted by molar-refractivity contribution is -0.134. The number of fused-ring (bicyclic) bond motifs is 2. The van der Waals surface area contributed by atoms with Crippen LogP contribution in [-0.4, -0.2) is 42.4 Å². The zero-order chi connectivity index (χ0) is 22.3. The highest BCUT2D eigenvalue weighted by Crippen LogP contribution is 2.41. The van der Waals surface area contributed by atoms with E-state index in [0.29, 0.717) is 24.1 Å². The summed E-state index contributed by atoms with van der Waals surface area (Å²) in [6, 6.07) is 10.2. The van der Waals surface area contributed by atoms with E-state index >= 15 is 0 Å². The molecule has 0 saturated carbocycles. The third kappa shape index (κ3) is 3.34. The quantitative estimate of drug-likeness (QED) is 0.583. The number of ether oxygens (including phenoxy) is 1. The third-order valence-electron chi connectivity index (χ3n) is 6.08. The maximum absolute atomic E-state index is 13.2. The molecule has 2 N–H and O–H groups in total. The summed E-state index contributed by atoms with van der Waals surface area (Å²) >= 11 is 0. The number of anilines is 1. The van der Waals surface area contributed by atoms with Crippen LogP contribution in [-0.2, 0) is 26.3 Å². The lowest BCUT2D eigenvalue weighted by Gasteiger charge is -2.22. The number of hydrogen-bond donors (Lipinski definition) is 2. The molecule has 8 heteroatoms. The van der Waals surface area contributed by atoms with Gasteiger partial charge in [0.1, 0.15) is 12.1 Å². The number of benzene rings is 2. The van der Waals surface area contributed by atoms with Gasteiger partial charge in [-0.05, 0) is 61.1 Å². The van der Waals surface area contributed by atoms with Gasteiger partial charge in [-0.1, -0.05) is 24.3 Å². The number of esters is 1. The normalized spacial score (nSPS) is 19.4. The molecule has 160 valence electrons. The molecule has 1 unspecified atom stereocenters. The fourth-order valence-electron chi connectivity index (χ4n) is 4.33. The Morgan fingerprint density at radius 3 is 2.68 bits per heavy atom. The van der Waals surface area contributed by atoms with Gasteiger partial charge < -0.3 is 15.4 Å². The molecule has 4 rings (SSSR count). The highest BCUT2D eigenvalue weighted by atomic mass is 16.5. The number of hydrogen-bond acceptors (Lipinski definition) is 5. The van der Waals surface area contributed by atoms with Crippen molar-refractivity contribution >= 4 is 29.5 Å². The first kappa shape index (κ1) is 20.6. The molecule has 1 aliphatic heterocycles. The molecule has 4 amide bonds. The Kier molecular flexibility index (Phi) is 5.00. The van der Waals surface area contributed by atoms with Crippen molar-refractivity contribution in [3.8, 4) is 0 Å². The summed E-state index contributed by atoms with van der Waals surface area (Å²) in [7, 11) is 1.29. The van der Waals surface area contributed by atoms with E-state index in [1.807, 2.05) is 31.2 Å². The van der Waals surface area contributed by atoms with Crippen molar-refractivity contribution in [3.05, 3.63) is 64.2 Å². The topological polar surface area (TPSA) is 105 Å². The summed E-state index contributed by atoms with van der Waals surface area (Å²) in [5.74, 6) is -1.47. The first-order chi connectivity index (χ1) is 14.8. The standard InChI is InChI=1S/C23H23N3O5/c1-13-10-16(11-17(14(13)2)20(28)31-3)24-19(27)12-26-21(29)23(25-22(26)30)9-8-15-6-4-5-7-18(15)23/h4-7,10-11H,8-9,12H2,1-3H3,(H,24,27)(H,25,30). The Hall–Kier alpha value is -3.68. The SMILES string of the molecule is COC(=O)c1cc(NC(=O)CN2C(=O)NC3(CCc4ccccc43)C2=O)cc(C)c1C. The van der Waals surface area contributed by atoms with Crippen LogP contribution in [0.15, 0.2) is 36.4 Å². The van der Waals surface area contributed by atoms with Crippen molar-refractivity contribution in [1.82, 2.24) is 10.2 Å². The van der Waals surface area contributed by atoms with Crippen LogP contribution in [0.25, 0.3) is 0 Å². The first-order valence-electron chi connectivity index (χ1n) is 9.99. The van der Waals surface area contributed by atoms with Gasteiger partial charge in [0.2, 0.25) is 5.91 Å². The minimum Gasteiger partial charge on any atom is -0.465 e. The van der Waals surface area contributed by atoms with E-state index in [4.69, 9.17) is 4.74 Å². The summed E-state index contributed by atoms with van der Waals surface area (Å²) in [6.45, 7) is 3.19. The van der Waals surface area contributed by atoms with Gasteiger partial charge >= 0.3 is 12.0 Å². The van der Waals surface area contributed by atoms with Crippen LogP contribution >= 0.6 is 0 Å². The van der Waals surface area contributed by atoms with Crippen LogP contribution in [0, 0.1) is 13.8 Å². The van der Waals surface area contributed by atoms with Crippen LogP contribution in [0.2, 0.25) is 0 Å². The van der Waals surface area contributed by atoms with Crippen molar-refractivity contribution in [2.75, 3.05) is 19.0 Å². The molecular weight excluding hydrogens is 398 g/mol. The van der Waals surface area contributed by atoms with Crippen LogP contribution in [0.5, 0.6) is 0 Å². The van der Waals surface area contributed by atoms with E-state index in [2.05, 4.69) is 10.6 Å². The number of urea groups is 1. The van der Waals surface area contributed by atoms with Crippen LogP contribution in [0.1, 0.15) is 39.0 Å². The summed E-state index contributed by atoms with van der Waals surface area (Å²) in [5, 5.41) is 5.47. The van der Waals surface area contributed by atoms with Gasteiger partial charge in [0.25, 0.3) is 5.91 Å². The Labute approximate surface area is 179 Å². The lowest BCUT2D eigenvalue weighted by atomic mass is 9.92. The molecule has 0 radical (unpaired) electrons. The maximum Gasteiger partial charge on any atom is 0.338 e. The van der Waals surface area contributed by atoms with Crippen LogP contribution < -0.4 is 10.6 Å². The molecule has 2 aliphatic rings. The number of rotatable bonds is 4. The highest BCUT2D eigenvalue weighted by molar-refractivity contribution is 6.11. The molecule has 1 aliphatic carbocycles. The molecule has 31 heavy (non-hydrogen) atoms.